The molecule has 8 nitrogen and oxygen atoms in total. The van der Waals surface area contributed by atoms with E-state index in [-0.39, 0.29) is 17.2 Å². The SMILES string of the molecule is CCCC(=O)Nc1cncc(-c2cc(F)c3n[nH]c(-c4nc5nccc(-c6cccc(F)c6)c5[nH]4)c3c2)c1. The number of aromatic nitrogens is 6. The van der Waals surface area contributed by atoms with Gasteiger partial charge in [0.1, 0.15) is 17.0 Å². The van der Waals surface area contributed by atoms with E-state index < -0.39 is 5.82 Å². The standard InChI is InChI=1S/C28H21F2N7O/c1-2-4-23(38)33-19-10-17(13-31-14-19)16-11-21-24(22(30)12-16)36-37-26(21)28-34-25-20(7-8-32-27(25)35-28)15-5-3-6-18(29)9-15/h3,5-14H,2,4H2,1H3,(H,33,38)(H,36,37)(H,32,34,35). The van der Waals surface area contributed by atoms with Gasteiger partial charge in [0.15, 0.2) is 17.3 Å². The molecule has 4 aromatic heterocycles. The fourth-order valence-electron chi connectivity index (χ4n) is 4.47. The lowest BCUT2D eigenvalue weighted by Crippen LogP contribution is -2.10. The quantitative estimate of drug-likeness (QED) is 0.246. The van der Waals surface area contributed by atoms with Crippen LogP contribution < -0.4 is 5.32 Å². The lowest BCUT2D eigenvalue weighted by Gasteiger charge is -2.07. The normalized spacial score (nSPS) is 11.3. The summed E-state index contributed by atoms with van der Waals surface area (Å²) in [7, 11) is 0. The number of rotatable bonds is 6. The van der Waals surface area contributed by atoms with E-state index in [1.165, 1.54) is 18.2 Å². The number of imidazole rings is 1. The van der Waals surface area contributed by atoms with Gasteiger partial charge < -0.3 is 10.3 Å². The molecule has 6 aromatic rings. The molecule has 188 valence electrons. The molecule has 0 aliphatic heterocycles. The second-order valence-corrected chi connectivity index (χ2v) is 8.87. The Morgan fingerprint density at radius 3 is 2.76 bits per heavy atom. The lowest BCUT2D eigenvalue weighted by atomic mass is 10.0. The molecule has 0 saturated carbocycles. The van der Waals surface area contributed by atoms with Crippen molar-refractivity contribution in [1.82, 2.24) is 30.1 Å². The zero-order valence-corrected chi connectivity index (χ0v) is 20.2. The molecule has 0 fully saturated rings. The maximum Gasteiger partial charge on any atom is 0.224 e. The summed E-state index contributed by atoms with van der Waals surface area (Å²) in [6.45, 7) is 1.93. The summed E-state index contributed by atoms with van der Waals surface area (Å²) in [5.41, 5.74) is 4.81. The zero-order chi connectivity index (χ0) is 26.2. The highest BCUT2D eigenvalue weighted by Crippen LogP contribution is 2.34. The molecule has 0 spiro atoms. The predicted octanol–water partition coefficient (Wildman–Crippen LogP) is 6.25. The van der Waals surface area contributed by atoms with E-state index in [1.807, 2.05) is 6.92 Å². The van der Waals surface area contributed by atoms with E-state index in [2.05, 4.69) is 35.5 Å². The smallest absolute Gasteiger partial charge is 0.224 e. The maximum absolute atomic E-state index is 15.1. The van der Waals surface area contributed by atoms with Crippen molar-refractivity contribution in [3.05, 3.63) is 78.8 Å². The summed E-state index contributed by atoms with van der Waals surface area (Å²) in [6, 6.07) is 13.0. The molecule has 10 heteroatoms. The van der Waals surface area contributed by atoms with Crippen molar-refractivity contribution >= 4 is 33.7 Å². The Hall–Kier alpha value is -4.99. The van der Waals surface area contributed by atoms with E-state index in [9.17, 15) is 9.18 Å². The number of nitrogens with one attached hydrogen (secondary N) is 3. The Bertz CT molecular complexity index is 1830. The molecule has 0 bridgehead atoms. The van der Waals surface area contributed by atoms with E-state index >= 15 is 4.39 Å². The maximum atomic E-state index is 15.1. The van der Waals surface area contributed by atoms with Crippen LogP contribution in [0.5, 0.6) is 0 Å². The van der Waals surface area contributed by atoms with Crippen molar-refractivity contribution in [2.45, 2.75) is 19.8 Å². The molecular weight excluding hydrogens is 488 g/mol. The highest BCUT2D eigenvalue weighted by atomic mass is 19.1. The van der Waals surface area contributed by atoms with E-state index in [0.717, 1.165) is 12.0 Å². The first-order valence-electron chi connectivity index (χ1n) is 12.0. The van der Waals surface area contributed by atoms with Crippen molar-refractivity contribution < 1.29 is 13.6 Å². The predicted molar refractivity (Wildman–Crippen MR) is 141 cm³/mol. The first kappa shape index (κ1) is 23.4. The second kappa shape index (κ2) is 9.47. The number of carbonyl (C=O) groups is 1. The molecule has 0 radical (unpaired) electrons. The number of pyridine rings is 2. The minimum absolute atomic E-state index is 0.110. The Balaban J connectivity index is 1.43. The van der Waals surface area contributed by atoms with Crippen LogP contribution in [0.3, 0.4) is 0 Å². The first-order valence-corrected chi connectivity index (χ1v) is 12.0. The largest absolute Gasteiger partial charge is 0.335 e. The molecule has 3 N–H and O–H groups in total. The van der Waals surface area contributed by atoms with Gasteiger partial charge in [-0.1, -0.05) is 19.1 Å². The van der Waals surface area contributed by atoms with Gasteiger partial charge in [0.25, 0.3) is 0 Å². The molecule has 2 aromatic carbocycles. The number of anilines is 1. The average Bonchev–Trinajstić information content (AvgIpc) is 3.53. The van der Waals surface area contributed by atoms with Gasteiger partial charge in [-0.3, -0.25) is 14.9 Å². The van der Waals surface area contributed by atoms with Crippen LogP contribution in [-0.4, -0.2) is 36.0 Å². The second-order valence-electron chi connectivity index (χ2n) is 8.87. The number of nitrogens with zero attached hydrogens (tertiary/aromatic N) is 4. The molecule has 4 heterocycles. The summed E-state index contributed by atoms with van der Waals surface area (Å²) in [4.78, 5) is 28.4. The van der Waals surface area contributed by atoms with Gasteiger partial charge in [-0.2, -0.15) is 5.10 Å². The molecule has 0 unspecified atom stereocenters. The van der Waals surface area contributed by atoms with E-state index in [0.29, 0.717) is 56.9 Å². The molecule has 0 saturated heterocycles. The molecule has 38 heavy (non-hydrogen) atoms. The number of benzene rings is 2. The average molecular weight is 510 g/mol. The number of amides is 1. The Morgan fingerprint density at radius 1 is 1.03 bits per heavy atom. The Morgan fingerprint density at radius 2 is 1.92 bits per heavy atom. The van der Waals surface area contributed by atoms with E-state index in [4.69, 9.17) is 0 Å². The highest BCUT2D eigenvalue weighted by molar-refractivity contribution is 5.98. The minimum atomic E-state index is -0.518. The number of hydrogen-bond donors (Lipinski definition) is 3. The molecule has 6 rings (SSSR count). The third-order valence-electron chi connectivity index (χ3n) is 6.21. The van der Waals surface area contributed by atoms with Gasteiger partial charge in [-0.05, 0) is 53.9 Å². The number of H-pyrrole nitrogens is 2. The molecule has 0 atom stereocenters. The van der Waals surface area contributed by atoms with Gasteiger partial charge >= 0.3 is 0 Å². The third-order valence-corrected chi connectivity index (χ3v) is 6.21. The van der Waals surface area contributed by atoms with Gasteiger partial charge in [0.05, 0.1) is 17.4 Å². The van der Waals surface area contributed by atoms with Crippen LogP contribution in [0, 0.1) is 11.6 Å². The summed E-state index contributed by atoms with van der Waals surface area (Å²) >= 11 is 0. The minimum Gasteiger partial charge on any atom is -0.335 e. The summed E-state index contributed by atoms with van der Waals surface area (Å²) < 4.78 is 29.0. The van der Waals surface area contributed by atoms with Gasteiger partial charge in [0, 0.05) is 35.3 Å². The zero-order valence-electron chi connectivity index (χ0n) is 20.2. The highest BCUT2D eigenvalue weighted by Gasteiger charge is 2.18. The Kier molecular flexibility index (Phi) is 5.83. The van der Waals surface area contributed by atoms with Crippen molar-refractivity contribution in [2.24, 2.45) is 0 Å². The fourth-order valence-corrected chi connectivity index (χ4v) is 4.47. The fraction of sp³-hybridized carbons (Fsp3) is 0.107. The van der Waals surface area contributed by atoms with Crippen molar-refractivity contribution in [3.63, 3.8) is 0 Å². The van der Waals surface area contributed by atoms with Crippen LogP contribution in [0.1, 0.15) is 19.8 Å². The van der Waals surface area contributed by atoms with Crippen LogP contribution in [0.15, 0.2) is 67.1 Å². The summed E-state index contributed by atoms with van der Waals surface area (Å²) in [6.07, 6.45) is 5.88. The first-order chi connectivity index (χ1) is 18.5. The summed E-state index contributed by atoms with van der Waals surface area (Å²) in [5.74, 6) is -0.566. The molecule has 0 aliphatic rings. The molecular formula is C28H21F2N7O. The lowest BCUT2D eigenvalue weighted by molar-refractivity contribution is -0.116. The van der Waals surface area contributed by atoms with Crippen molar-refractivity contribution in [2.75, 3.05) is 5.32 Å². The van der Waals surface area contributed by atoms with Gasteiger partial charge in [0.2, 0.25) is 5.91 Å². The van der Waals surface area contributed by atoms with E-state index in [1.54, 1.807) is 48.9 Å². The third kappa shape index (κ3) is 4.26. The topological polar surface area (TPSA) is 112 Å². The number of hydrogen-bond acceptors (Lipinski definition) is 5. The van der Waals surface area contributed by atoms with Crippen LogP contribution in [-0.2, 0) is 4.79 Å². The Labute approximate surface area is 215 Å². The number of carbonyl (C=O) groups excluding carboxylic acids is 1. The molecule has 0 aliphatic carbocycles. The monoisotopic (exact) mass is 509 g/mol. The number of halogens is 2. The number of fused-ring (bicyclic) bond motifs is 2. The van der Waals surface area contributed by atoms with Crippen LogP contribution >= 0.6 is 0 Å². The van der Waals surface area contributed by atoms with Crippen molar-refractivity contribution in [1.29, 1.82) is 0 Å². The van der Waals surface area contributed by atoms with Gasteiger partial charge in [-0.15, -0.1) is 0 Å². The van der Waals surface area contributed by atoms with Crippen LogP contribution in [0.25, 0.3) is 55.8 Å². The van der Waals surface area contributed by atoms with Crippen LogP contribution in [0.2, 0.25) is 0 Å². The van der Waals surface area contributed by atoms with Crippen LogP contribution in [0.4, 0.5) is 14.5 Å². The summed E-state index contributed by atoms with van der Waals surface area (Å²) in [5, 5.41) is 10.4. The van der Waals surface area contributed by atoms with Crippen molar-refractivity contribution in [3.8, 4) is 33.8 Å². The molecule has 1 amide bonds. The van der Waals surface area contributed by atoms with Gasteiger partial charge in [-0.25, -0.2) is 18.7 Å². The number of aromatic amines is 2.